The maximum absolute atomic E-state index is 5.61. The first-order valence-corrected chi connectivity index (χ1v) is 7.25. The second-order valence-electron chi connectivity index (χ2n) is 5.39. The number of nitrogens with one attached hydrogen (secondary N) is 1. The van der Waals surface area contributed by atoms with Gasteiger partial charge in [-0.1, -0.05) is 6.07 Å². The number of benzene rings is 1. The van der Waals surface area contributed by atoms with E-state index in [2.05, 4.69) is 30.3 Å². The molecule has 1 aromatic carbocycles. The summed E-state index contributed by atoms with van der Waals surface area (Å²) < 4.78 is 13.0. The van der Waals surface area contributed by atoms with E-state index in [-0.39, 0.29) is 6.04 Å². The first-order valence-electron chi connectivity index (χ1n) is 7.25. The molecule has 0 fully saturated rings. The smallest absolute Gasteiger partial charge is 0.161 e. The van der Waals surface area contributed by atoms with Crippen molar-refractivity contribution >= 4 is 0 Å². The molecule has 1 atom stereocenters. The molecule has 5 nitrogen and oxygen atoms in total. The monoisotopic (exact) mass is 287 g/mol. The van der Waals surface area contributed by atoms with Crippen LogP contribution in [-0.2, 0) is 13.6 Å². The first kappa shape index (κ1) is 13.9. The van der Waals surface area contributed by atoms with Gasteiger partial charge in [-0.25, -0.2) is 0 Å². The van der Waals surface area contributed by atoms with Gasteiger partial charge in [-0.05, 0) is 31.5 Å². The molecule has 1 aliphatic rings. The zero-order valence-electron chi connectivity index (χ0n) is 12.7. The molecule has 0 saturated carbocycles. The summed E-state index contributed by atoms with van der Waals surface area (Å²) in [6.45, 7) is 6.27. The van der Waals surface area contributed by atoms with E-state index in [1.165, 1.54) is 16.8 Å². The van der Waals surface area contributed by atoms with E-state index in [0.29, 0.717) is 13.2 Å². The Kier molecular flexibility index (Phi) is 3.84. The minimum atomic E-state index is 0.256. The highest BCUT2D eigenvalue weighted by Gasteiger charge is 2.14. The van der Waals surface area contributed by atoms with Crippen LogP contribution in [0.25, 0.3) is 0 Å². The largest absolute Gasteiger partial charge is 0.486 e. The number of fused-ring (bicyclic) bond motifs is 1. The third kappa shape index (κ3) is 2.88. The van der Waals surface area contributed by atoms with E-state index in [9.17, 15) is 0 Å². The van der Waals surface area contributed by atoms with Gasteiger partial charge in [-0.15, -0.1) is 0 Å². The Morgan fingerprint density at radius 2 is 2.05 bits per heavy atom. The molecule has 0 aliphatic carbocycles. The summed E-state index contributed by atoms with van der Waals surface area (Å²) in [5, 5.41) is 7.82. The Morgan fingerprint density at radius 1 is 1.29 bits per heavy atom. The van der Waals surface area contributed by atoms with Gasteiger partial charge in [0.15, 0.2) is 11.5 Å². The van der Waals surface area contributed by atoms with E-state index < -0.39 is 0 Å². The van der Waals surface area contributed by atoms with Crippen LogP contribution in [-0.4, -0.2) is 23.0 Å². The first-order chi connectivity index (χ1) is 10.1. The molecule has 0 amide bonds. The van der Waals surface area contributed by atoms with Crippen LogP contribution < -0.4 is 14.8 Å². The summed E-state index contributed by atoms with van der Waals surface area (Å²) in [6, 6.07) is 6.35. The van der Waals surface area contributed by atoms with E-state index in [1.807, 2.05) is 30.1 Å². The molecule has 1 unspecified atom stereocenters. The Bertz CT molecular complexity index is 636. The van der Waals surface area contributed by atoms with E-state index in [0.717, 1.165) is 18.0 Å². The minimum absolute atomic E-state index is 0.256. The van der Waals surface area contributed by atoms with Crippen molar-refractivity contribution in [2.45, 2.75) is 26.4 Å². The number of rotatable bonds is 4. The maximum atomic E-state index is 5.61. The van der Waals surface area contributed by atoms with Gasteiger partial charge in [0.05, 0.1) is 6.20 Å². The average molecular weight is 287 g/mol. The van der Waals surface area contributed by atoms with Crippen molar-refractivity contribution in [2.24, 2.45) is 7.05 Å². The molecule has 1 N–H and O–H groups in total. The zero-order valence-corrected chi connectivity index (χ0v) is 12.7. The number of hydrogen-bond donors (Lipinski definition) is 1. The third-order valence-corrected chi connectivity index (χ3v) is 3.96. The molecule has 0 saturated heterocycles. The van der Waals surface area contributed by atoms with Gasteiger partial charge in [0, 0.05) is 30.9 Å². The molecule has 2 aromatic rings. The van der Waals surface area contributed by atoms with Crippen LogP contribution >= 0.6 is 0 Å². The summed E-state index contributed by atoms with van der Waals surface area (Å²) in [7, 11) is 1.96. The lowest BCUT2D eigenvalue weighted by Gasteiger charge is -2.19. The fraction of sp³-hybridized carbons (Fsp3) is 0.438. The molecule has 0 bridgehead atoms. The van der Waals surface area contributed by atoms with Crippen LogP contribution in [0.4, 0.5) is 0 Å². The summed E-state index contributed by atoms with van der Waals surface area (Å²) in [6.07, 6.45) is 1.93. The minimum Gasteiger partial charge on any atom is -0.486 e. The predicted octanol–water partition coefficient (Wildman–Crippen LogP) is 2.35. The van der Waals surface area contributed by atoms with Crippen molar-refractivity contribution in [2.75, 3.05) is 13.2 Å². The maximum Gasteiger partial charge on any atom is 0.161 e. The number of aromatic nitrogens is 2. The lowest BCUT2D eigenvalue weighted by atomic mass is 10.1. The molecule has 112 valence electrons. The van der Waals surface area contributed by atoms with Crippen molar-refractivity contribution in [3.05, 3.63) is 41.2 Å². The predicted molar refractivity (Wildman–Crippen MR) is 80.6 cm³/mol. The Hall–Kier alpha value is -2.01. The van der Waals surface area contributed by atoms with Crippen LogP contribution in [0, 0.1) is 6.92 Å². The molecule has 1 aromatic heterocycles. The molecule has 0 spiro atoms. The standard InChI is InChI=1S/C16H21N3O2/c1-11(14-10-18-19(3)12(14)2)17-9-13-4-5-15-16(8-13)21-7-6-20-15/h4-5,8,10-11,17H,6-7,9H2,1-3H3. The van der Waals surface area contributed by atoms with Crippen LogP contribution in [0.1, 0.15) is 29.8 Å². The fourth-order valence-corrected chi connectivity index (χ4v) is 2.52. The SMILES string of the molecule is Cc1c(C(C)NCc2ccc3c(c2)OCCO3)cnn1C. The summed E-state index contributed by atoms with van der Waals surface area (Å²) in [5.74, 6) is 1.67. The highest BCUT2D eigenvalue weighted by molar-refractivity contribution is 5.43. The van der Waals surface area contributed by atoms with Crippen LogP contribution in [0.5, 0.6) is 11.5 Å². The molecule has 2 heterocycles. The summed E-state index contributed by atoms with van der Waals surface area (Å²) >= 11 is 0. The lowest BCUT2D eigenvalue weighted by molar-refractivity contribution is 0.171. The van der Waals surface area contributed by atoms with Crippen molar-refractivity contribution < 1.29 is 9.47 Å². The highest BCUT2D eigenvalue weighted by Crippen LogP contribution is 2.30. The zero-order chi connectivity index (χ0) is 14.8. The van der Waals surface area contributed by atoms with Gasteiger partial charge in [0.2, 0.25) is 0 Å². The van der Waals surface area contributed by atoms with Crippen molar-refractivity contribution in [1.82, 2.24) is 15.1 Å². The number of ether oxygens (including phenoxy) is 2. The average Bonchev–Trinajstić information content (AvgIpc) is 2.84. The molecule has 3 rings (SSSR count). The lowest BCUT2D eigenvalue weighted by Crippen LogP contribution is -2.19. The third-order valence-electron chi connectivity index (χ3n) is 3.96. The molecule has 0 radical (unpaired) electrons. The number of nitrogens with zero attached hydrogens (tertiary/aromatic N) is 2. The van der Waals surface area contributed by atoms with Gasteiger partial charge in [-0.3, -0.25) is 4.68 Å². The van der Waals surface area contributed by atoms with Gasteiger partial charge in [-0.2, -0.15) is 5.10 Å². The Balaban J connectivity index is 1.66. The molecule has 5 heteroatoms. The quantitative estimate of drug-likeness (QED) is 0.938. The van der Waals surface area contributed by atoms with E-state index in [1.54, 1.807) is 0 Å². The van der Waals surface area contributed by atoms with Gasteiger partial charge in [0.25, 0.3) is 0 Å². The molecular weight excluding hydrogens is 266 g/mol. The van der Waals surface area contributed by atoms with Gasteiger partial charge in [0.1, 0.15) is 13.2 Å². The van der Waals surface area contributed by atoms with Crippen molar-refractivity contribution in [3.63, 3.8) is 0 Å². The van der Waals surface area contributed by atoms with Crippen molar-refractivity contribution in [3.8, 4) is 11.5 Å². The molecule has 21 heavy (non-hydrogen) atoms. The van der Waals surface area contributed by atoms with Crippen LogP contribution in [0.15, 0.2) is 24.4 Å². The highest BCUT2D eigenvalue weighted by atomic mass is 16.6. The van der Waals surface area contributed by atoms with E-state index in [4.69, 9.17) is 9.47 Å². The number of hydrogen-bond acceptors (Lipinski definition) is 4. The summed E-state index contributed by atoms with van der Waals surface area (Å²) in [4.78, 5) is 0. The summed E-state index contributed by atoms with van der Waals surface area (Å²) in [5.41, 5.74) is 3.61. The normalized spacial score (nSPS) is 15.0. The Labute approximate surface area is 124 Å². The molecule has 1 aliphatic heterocycles. The fourth-order valence-electron chi connectivity index (χ4n) is 2.52. The topological polar surface area (TPSA) is 48.3 Å². The molecular formula is C16H21N3O2. The second-order valence-corrected chi connectivity index (χ2v) is 5.39. The number of aryl methyl sites for hydroxylation is 1. The van der Waals surface area contributed by atoms with Crippen LogP contribution in [0.3, 0.4) is 0 Å². The Morgan fingerprint density at radius 3 is 2.76 bits per heavy atom. The van der Waals surface area contributed by atoms with Crippen molar-refractivity contribution in [1.29, 1.82) is 0 Å². The van der Waals surface area contributed by atoms with Gasteiger partial charge < -0.3 is 14.8 Å². The van der Waals surface area contributed by atoms with E-state index >= 15 is 0 Å². The second kappa shape index (κ2) is 5.77. The van der Waals surface area contributed by atoms with Crippen LogP contribution in [0.2, 0.25) is 0 Å². The van der Waals surface area contributed by atoms with Gasteiger partial charge >= 0.3 is 0 Å².